The van der Waals surface area contributed by atoms with Crippen molar-refractivity contribution in [2.24, 2.45) is 0 Å². The molecule has 0 aliphatic carbocycles. The molecule has 1 aromatic rings. The van der Waals surface area contributed by atoms with E-state index in [1.54, 1.807) is 18.2 Å². The Hall–Kier alpha value is -1.31. The second-order valence-electron chi connectivity index (χ2n) is 2.52. The summed E-state index contributed by atoms with van der Waals surface area (Å²) in [4.78, 5) is 11.1. The minimum absolute atomic E-state index is 0.0468. The lowest BCUT2D eigenvalue weighted by Crippen LogP contribution is -2.10. The molecular formula is C10H11NO. The van der Waals surface area contributed by atoms with E-state index in [2.05, 4.69) is 17.4 Å². The Morgan fingerprint density at radius 3 is 2.75 bits per heavy atom. The van der Waals surface area contributed by atoms with Crippen LogP contribution in [0.15, 0.2) is 18.2 Å². The number of benzene rings is 1. The molecule has 0 aliphatic heterocycles. The first-order valence-corrected chi connectivity index (χ1v) is 4.00. The van der Waals surface area contributed by atoms with Gasteiger partial charge in [-0.15, -0.1) is 0 Å². The fourth-order valence-electron chi connectivity index (χ4n) is 0.875. The van der Waals surface area contributed by atoms with Crippen molar-refractivity contribution in [2.45, 2.75) is 19.8 Å². The Labute approximate surface area is 72.6 Å². The highest BCUT2D eigenvalue weighted by Crippen LogP contribution is 2.04. The summed E-state index contributed by atoms with van der Waals surface area (Å²) < 4.78 is 0. The number of carbonyl (C=O) groups is 1. The molecule has 1 rings (SSSR count). The molecule has 2 heteroatoms. The van der Waals surface area contributed by atoms with E-state index in [4.69, 9.17) is 0 Å². The van der Waals surface area contributed by atoms with Crippen molar-refractivity contribution >= 4 is 11.6 Å². The summed E-state index contributed by atoms with van der Waals surface area (Å²) >= 11 is 0. The predicted molar refractivity (Wildman–Crippen MR) is 47.7 cm³/mol. The van der Waals surface area contributed by atoms with Crippen LogP contribution in [0.25, 0.3) is 0 Å². The smallest absolute Gasteiger partial charge is 0.224 e. The monoisotopic (exact) mass is 161 g/mol. The highest BCUT2D eigenvalue weighted by molar-refractivity contribution is 5.90. The molecule has 0 fully saturated rings. The zero-order chi connectivity index (χ0) is 8.81. The molecule has 2 radical (unpaired) electrons. The second-order valence-corrected chi connectivity index (χ2v) is 2.52. The summed E-state index contributed by atoms with van der Waals surface area (Å²) in [5.41, 5.74) is 0.760. The molecule has 1 N–H and O–H groups in total. The molecular weight excluding hydrogens is 150 g/mol. The molecule has 0 heterocycles. The molecule has 1 amide bonds. The Kier molecular flexibility index (Phi) is 3.33. The Morgan fingerprint density at radius 2 is 2.17 bits per heavy atom. The third-order valence-corrected chi connectivity index (χ3v) is 1.41. The largest absolute Gasteiger partial charge is 0.326 e. The molecule has 0 spiro atoms. The van der Waals surface area contributed by atoms with Gasteiger partial charge in [0.05, 0.1) is 0 Å². The molecule has 62 valence electrons. The van der Waals surface area contributed by atoms with Gasteiger partial charge in [-0.3, -0.25) is 4.79 Å². The lowest BCUT2D eigenvalue weighted by atomic mass is 10.3. The fourth-order valence-corrected chi connectivity index (χ4v) is 0.875. The van der Waals surface area contributed by atoms with Gasteiger partial charge in [0.2, 0.25) is 5.91 Å². The first-order chi connectivity index (χ1) is 5.83. The van der Waals surface area contributed by atoms with Crippen molar-refractivity contribution in [3.05, 3.63) is 30.3 Å². The van der Waals surface area contributed by atoms with Gasteiger partial charge < -0.3 is 5.32 Å². The number of nitrogens with one attached hydrogen (secondary N) is 1. The molecule has 0 aliphatic rings. The number of rotatable bonds is 3. The van der Waals surface area contributed by atoms with Crippen LogP contribution in [0.3, 0.4) is 0 Å². The van der Waals surface area contributed by atoms with Gasteiger partial charge in [0.1, 0.15) is 0 Å². The van der Waals surface area contributed by atoms with E-state index in [-0.39, 0.29) is 5.91 Å². The Balaban J connectivity index is 2.47. The van der Waals surface area contributed by atoms with Crippen molar-refractivity contribution in [1.29, 1.82) is 0 Å². The van der Waals surface area contributed by atoms with E-state index in [0.29, 0.717) is 6.42 Å². The zero-order valence-corrected chi connectivity index (χ0v) is 7.05. The summed E-state index contributed by atoms with van der Waals surface area (Å²) in [6, 6.07) is 10.8. The van der Waals surface area contributed by atoms with E-state index in [1.165, 1.54) is 0 Å². The van der Waals surface area contributed by atoms with Crippen LogP contribution in [-0.2, 0) is 4.79 Å². The molecule has 0 unspecified atom stereocenters. The summed E-state index contributed by atoms with van der Waals surface area (Å²) in [5.74, 6) is 0.0468. The van der Waals surface area contributed by atoms with Crippen molar-refractivity contribution in [3.8, 4) is 0 Å². The number of amides is 1. The minimum atomic E-state index is 0.0468. The van der Waals surface area contributed by atoms with Crippen LogP contribution < -0.4 is 5.32 Å². The van der Waals surface area contributed by atoms with Gasteiger partial charge in [-0.2, -0.15) is 0 Å². The lowest BCUT2D eigenvalue weighted by Gasteiger charge is -2.01. The van der Waals surface area contributed by atoms with Gasteiger partial charge in [0.25, 0.3) is 0 Å². The second kappa shape index (κ2) is 4.54. The number of hydrogen-bond acceptors (Lipinski definition) is 1. The third-order valence-electron chi connectivity index (χ3n) is 1.41. The van der Waals surface area contributed by atoms with Gasteiger partial charge in [-0.25, -0.2) is 0 Å². The standard InChI is InChI=1S/C10H11NO/c1-2-6-10(12)11-9-7-4-3-5-8-9/h3,7-8H,2,6H2,1H3,(H,11,12). The number of hydrogen-bond donors (Lipinski definition) is 1. The summed E-state index contributed by atoms with van der Waals surface area (Å²) in [6.07, 6.45) is 1.43. The lowest BCUT2D eigenvalue weighted by molar-refractivity contribution is -0.116. The van der Waals surface area contributed by atoms with Crippen molar-refractivity contribution in [3.63, 3.8) is 0 Å². The van der Waals surface area contributed by atoms with Crippen LogP contribution >= 0.6 is 0 Å². The van der Waals surface area contributed by atoms with Crippen molar-refractivity contribution in [1.82, 2.24) is 0 Å². The maximum atomic E-state index is 11.1. The van der Waals surface area contributed by atoms with E-state index in [1.807, 2.05) is 6.92 Å². The van der Waals surface area contributed by atoms with Crippen molar-refractivity contribution < 1.29 is 4.79 Å². The Morgan fingerprint density at radius 1 is 1.50 bits per heavy atom. The van der Waals surface area contributed by atoms with Gasteiger partial charge in [-0.1, -0.05) is 6.92 Å². The first-order valence-electron chi connectivity index (χ1n) is 4.00. The number of anilines is 1. The molecule has 0 saturated carbocycles. The van der Waals surface area contributed by atoms with Crippen LogP contribution in [0.4, 0.5) is 5.69 Å². The average molecular weight is 161 g/mol. The maximum absolute atomic E-state index is 11.1. The highest BCUT2D eigenvalue weighted by atomic mass is 16.1. The van der Waals surface area contributed by atoms with Crippen LogP contribution in [0.5, 0.6) is 0 Å². The van der Waals surface area contributed by atoms with Gasteiger partial charge in [0, 0.05) is 12.1 Å². The predicted octanol–water partition coefficient (Wildman–Crippen LogP) is 2.03. The Bertz CT molecular complexity index is 243. The van der Waals surface area contributed by atoms with E-state index >= 15 is 0 Å². The zero-order valence-electron chi connectivity index (χ0n) is 7.05. The molecule has 12 heavy (non-hydrogen) atoms. The molecule has 0 saturated heterocycles. The van der Waals surface area contributed by atoms with Gasteiger partial charge in [-0.05, 0) is 36.8 Å². The van der Waals surface area contributed by atoms with E-state index in [0.717, 1.165) is 12.1 Å². The third kappa shape index (κ3) is 2.74. The van der Waals surface area contributed by atoms with Crippen LogP contribution in [-0.4, -0.2) is 5.91 Å². The van der Waals surface area contributed by atoms with Crippen molar-refractivity contribution in [2.75, 3.05) is 5.32 Å². The minimum Gasteiger partial charge on any atom is -0.326 e. The normalized spacial score (nSPS) is 9.42. The molecule has 2 nitrogen and oxygen atoms in total. The summed E-state index contributed by atoms with van der Waals surface area (Å²) in [7, 11) is 0. The van der Waals surface area contributed by atoms with E-state index < -0.39 is 0 Å². The van der Waals surface area contributed by atoms with Gasteiger partial charge >= 0.3 is 0 Å². The maximum Gasteiger partial charge on any atom is 0.224 e. The highest BCUT2D eigenvalue weighted by Gasteiger charge is 1.98. The first kappa shape index (κ1) is 8.78. The van der Waals surface area contributed by atoms with Crippen LogP contribution in [0.2, 0.25) is 0 Å². The van der Waals surface area contributed by atoms with E-state index in [9.17, 15) is 4.79 Å². The summed E-state index contributed by atoms with van der Waals surface area (Å²) in [5, 5.41) is 2.74. The average Bonchev–Trinajstić information content (AvgIpc) is 2.06. The van der Waals surface area contributed by atoms with Gasteiger partial charge in [0.15, 0.2) is 0 Å². The fraction of sp³-hybridized carbons (Fsp3) is 0.300. The van der Waals surface area contributed by atoms with Crippen LogP contribution in [0.1, 0.15) is 19.8 Å². The molecule has 0 aromatic heterocycles. The van der Waals surface area contributed by atoms with Crippen LogP contribution in [0, 0.1) is 12.1 Å². The molecule has 0 bridgehead atoms. The summed E-state index contributed by atoms with van der Waals surface area (Å²) in [6.45, 7) is 1.98. The SMILES string of the molecule is CCCC(=O)Nc1c[c]c[c]c1. The number of carbonyl (C=O) groups excluding carboxylic acids is 1. The quantitative estimate of drug-likeness (QED) is 0.722. The topological polar surface area (TPSA) is 29.1 Å². The molecule has 1 aromatic carbocycles. The molecule has 0 atom stereocenters.